The lowest BCUT2D eigenvalue weighted by Crippen LogP contribution is -2.52. The van der Waals surface area contributed by atoms with Crippen LogP contribution in [0.25, 0.3) is 34.2 Å². The number of aromatic nitrogens is 4. The Hall–Kier alpha value is -5.45. The highest BCUT2D eigenvalue weighted by Crippen LogP contribution is 2.38. The number of hydrogen-bond donors (Lipinski definition) is 3. The Labute approximate surface area is 331 Å². The topological polar surface area (TPSA) is 136 Å². The quantitative estimate of drug-likeness (QED) is 0.0974. The summed E-state index contributed by atoms with van der Waals surface area (Å²) in [6, 6.07) is 16.0. The van der Waals surface area contributed by atoms with Crippen molar-refractivity contribution in [2.24, 2.45) is 11.8 Å². The van der Waals surface area contributed by atoms with Crippen LogP contribution >= 0.6 is 0 Å². The van der Waals surface area contributed by atoms with Gasteiger partial charge in [0.05, 0.1) is 30.6 Å². The number of methoxy groups -OCH3 is 1. The number of imidazole rings is 2. The Morgan fingerprint density at radius 1 is 0.821 bits per heavy atom. The minimum atomic E-state index is -0.695. The van der Waals surface area contributed by atoms with Crippen molar-refractivity contribution in [3.8, 4) is 22.5 Å². The molecule has 11 nitrogen and oxygen atoms in total. The van der Waals surface area contributed by atoms with Crippen molar-refractivity contribution in [1.82, 2.24) is 35.1 Å². The van der Waals surface area contributed by atoms with Crippen molar-refractivity contribution in [2.45, 2.75) is 111 Å². The third-order valence-corrected chi connectivity index (χ3v) is 11.1. The second kappa shape index (κ2) is 17.6. The number of allylic oxidation sites excluding steroid dienone is 3. The number of amides is 3. The van der Waals surface area contributed by atoms with E-state index in [0.717, 1.165) is 76.5 Å². The summed E-state index contributed by atoms with van der Waals surface area (Å²) in [4.78, 5) is 59.4. The van der Waals surface area contributed by atoms with Crippen molar-refractivity contribution in [1.29, 1.82) is 0 Å². The first-order valence-corrected chi connectivity index (χ1v) is 20.0. The van der Waals surface area contributed by atoms with Gasteiger partial charge in [-0.25, -0.2) is 14.8 Å². The summed E-state index contributed by atoms with van der Waals surface area (Å²) in [5.41, 5.74) is 6.88. The van der Waals surface area contributed by atoms with Crippen molar-refractivity contribution >= 4 is 29.6 Å². The molecule has 3 amide bonds. The molecule has 3 N–H and O–H groups in total. The van der Waals surface area contributed by atoms with Gasteiger partial charge in [0.1, 0.15) is 17.7 Å². The molecule has 2 aromatic carbocycles. The molecule has 4 heterocycles. The lowest BCUT2D eigenvalue weighted by Gasteiger charge is -2.32. The van der Waals surface area contributed by atoms with Crippen LogP contribution < -0.4 is 5.32 Å². The van der Waals surface area contributed by atoms with Gasteiger partial charge in [-0.2, -0.15) is 0 Å². The van der Waals surface area contributed by atoms with E-state index in [1.54, 1.807) is 0 Å². The van der Waals surface area contributed by atoms with Crippen LogP contribution in [-0.4, -0.2) is 72.9 Å². The van der Waals surface area contributed by atoms with Crippen molar-refractivity contribution in [2.75, 3.05) is 7.11 Å². The number of aromatic amines is 2. The van der Waals surface area contributed by atoms with Crippen LogP contribution in [0, 0.1) is 11.8 Å². The Kier molecular flexibility index (Phi) is 12.6. The number of ether oxygens (including phenoxy) is 1. The number of carbonyl (C=O) groups excluding carboxylic acids is 3. The van der Waals surface area contributed by atoms with E-state index >= 15 is 0 Å². The minimum absolute atomic E-state index is 0.0108. The van der Waals surface area contributed by atoms with E-state index in [1.165, 1.54) is 7.11 Å². The van der Waals surface area contributed by atoms with E-state index in [0.29, 0.717) is 12.3 Å². The van der Waals surface area contributed by atoms with Gasteiger partial charge in [-0.1, -0.05) is 88.4 Å². The van der Waals surface area contributed by atoms with Gasteiger partial charge in [0.25, 0.3) is 0 Å². The number of H-pyrrole nitrogens is 2. The molecule has 0 bridgehead atoms. The van der Waals surface area contributed by atoms with Crippen LogP contribution in [0.15, 0.2) is 73.1 Å². The Bertz CT molecular complexity index is 2040. The van der Waals surface area contributed by atoms with Gasteiger partial charge in [0, 0.05) is 42.0 Å². The second-order valence-corrected chi connectivity index (χ2v) is 16.0. The van der Waals surface area contributed by atoms with E-state index in [4.69, 9.17) is 14.7 Å². The monoisotopic (exact) mass is 759 g/mol. The third kappa shape index (κ3) is 8.82. The summed E-state index contributed by atoms with van der Waals surface area (Å²) in [7, 11) is 1.30. The number of nitrogens with one attached hydrogen (secondary N) is 3. The maximum Gasteiger partial charge on any atom is 0.407 e. The zero-order valence-corrected chi connectivity index (χ0v) is 34.0. The standard InChI is InChI=1S/C45H57N7O4/c1-9-10-35(24-31-13-15-33(16-14-31)36-25-46-42(48-36)38-21-11-29(6)51(38)40(53)23-27(2)3)32-17-19-34(20-18-32)37-26-47-43(49-37)39-22-12-30(7)52(39)44(54)41(28(4)5)50-45(55)56-8/h9-10,13-20,24-30,38-39,41H,11-12,21-23H2,1-8H3,(H,46,48)(H,47,49)(H,50,55)/b10-9-,35-24+/t29-,30-,38+,39+,41+/m1/s1. The van der Waals surface area contributed by atoms with Gasteiger partial charge in [0.15, 0.2) is 0 Å². The first kappa shape index (κ1) is 40.2. The normalized spacial score (nSPS) is 20.7. The largest absolute Gasteiger partial charge is 0.453 e. The number of rotatable bonds is 12. The molecule has 0 unspecified atom stereocenters. The van der Waals surface area contributed by atoms with Crippen molar-refractivity contribution < 1.29 is 19.1 Å². The zero-order valence-electron chi connectivity index (χ0n) is 34.0. The Balaban J connectivity index is 1.15. The highest BCUT2D eigenvalue weighted by Gasteiger charge is 2.41. The lowest BCUT2D eigenvalue weighted by molar-refractivity contribution is -0.137. The van der Waals surface area contributed by atoms with Crippen LogP contribution in [0.2, 0.25) is 0 Å². The Morgan fingerprint density at radius 2 is 1.36 bits per heavy atom. The molecule has 4 aromatic rings. The molecule has 0 spiro atoms. The molecule has 56 heavy (non-hydrogen) atoms. The van der Waals surface area contributed by atoms with E-state index in [2.05, 4.69) is 96.7 Å². The molecule has 2 aromatic heterocycles. The fraction of sp³-hybridized carbons (Fsp3) is 0.444. The summed E-state index contributed by atoms with van der Waals surface area (Å²) >= 11 is 0. The number of carbonyl (C=O) groups is 3. The van der Waals surface area contributed by atoms with Gasteiger partial charge in [0.2, 0.25) is 11.8 Å². The predicted octanol–water partition coefficient (Wildman–Crippen LogP) is 9.11. The fourth-order valence-corrected chi connectivity index (χ4v) is 8.09. The zero-order chi connectivity index (χ0) is 40.1. The molecule has 2 fully saturated rings. The molecule has 0 radical (unpaired) electrons. The minimum Gasteiger partial charge on any atom is -0.453 e. The van der Waals surface area contributed by atoms with E-state index in [9.17, 15) is 14.4 Å². The van der Waals surface area contributed by atoms with E-state index in [-0.39, 0.29) is 41.9 Å². The van der Waals surface area contributed by atoms with Gasteiger partial charge >= 0.3 is 6.09 Å². The van der Waals surface area contributed by atoms with Crippen molar-refractivity contribution in [3.63, 3.8) is 0 Å². The first-order valence-electron chi connectivity index (χ1n) is 20.0. The number of likely N-dealkylation sites (tertiary alicyclic amines) is 2. The van der Waals surface area contributed by atoms with Gasteiger partial charge in [-0.3, -0.25) is 9.59 Å². The van der Waals surface area contributed by atoms with Crippen LogP contribution in [-0.2, 0) is 14.3 Å². The molecule has 0 saturated carbocycles. The molecule has 0 aliphatic carbocycles. The summed E-state index contributed by atoms with van der Waals surface area (Å²) in [6.07, 6.45) is 13.6. The van der Waals surface area contributed by atoms with E-state index < -0.39 is 12.1 Å². The van der Waals surface area contributed by atoms with Gasteiger partial charge in [-0.05, 0) is 81.1 Å². The maximum atomic E-state index is 13.8. The molecular weight excluding hydrogens is 703 g/mol. The van der Waals surface area contributed by atoms with Crippen LogP contribution in [0.4, 0.5) is 4.79 Å². The molecule has 2 saturated heterocycles. The first-order chi connectivity index (χ1) is 26.9. The summed E-state index contributed by atoms with van der Waals surface area (Å²) < 4.78 is 4.79. The van der Waals surface area contributed by atoms with Crippen molar-refractivity contribution in [3.05, 3.63) is 95.9 Å². The van der Waals surface area contributed by atoms with E-state index in [1.807, 2.05) is 56.0 Å². The van der Waals surface area contributed by atoms with Gasteiger partial charge in [-0.15, -0.1) is 0 Å². The second-order valence-electron chi connectivity index (χ2n) is 16.0. The number of alkyl carbamates (subject to hydrolysis) is 1. The average Bonchev–Trinajstić information content (AvgIpc) is 4.00. The predicted molar refractivity (Wildman–Crippen MR) is 221 cm³/mol. The molecule has 6 rings (SSSR count). The SMILES string of the molecule is C/C=C\C(=C/c1ccc(-c2c[nH]c([C@@H]3CC[C@@H](C)N3C(=O)CC(C)C)n2)cc1)c1ccc(-c2c[nH]c([C@@H]3CC[C@@H](C)N3C(=O)[C@@H](NC(=O)OC)C(C)C)n2)cc1. The van der Waals surface area contributed by atoms with Crippen LogP contribution in [0.1, 0.15) is 115 Å². The van der Waals surface area contributed by atoms with Crippen LogP contribution in [0.5, 0.6) is 0 Å². The third-order valence-electron chi connectivity index (χ3n) is 11.1. The fourth-order valence-electron chi connectivity index (χ4n) is 8.09. The molecule has 5 atom stereocenters. The molecule has 11 heteroatoms. The summed E-state index contributed by atoms with van der Waals surface area (Å²) in [6.45, 7) is 14.2. The smallest absolute Gasteiger partial charge is 0.407 e. The lowest BCUT2D eigenvalue weighted by atomic mass is 9.99. The number of nitrogens with zero attached hydrogens (tertiary/aromatic N) is 4. The molecular formula is C45H57N7O4. The van der Waals surface area contributed by atoms with Gasteiger partial charge < -0.3 is 29.8 Å². The number of hydrogen-bond acceptors (Lipinski definition) is 6. The highest BCUT2D eigenvalue weighted by molar-refractivity contribution is 5.88. The number of benzene rings is 2. The molecule has 2 aliphatic rings. The van der Waals surface area contributed by atoms with Crippen LogP contribution in [0.3, 0.4) is 0 Å². The molecule has 296 valence electrons. The summed E-state index contributed by atoms with van der Waals surface area (Å²) in [5.74, 6) is 1.87. The molecule has 2 aliphatic heterocycles. The maximum absolute atomic E-state index is 13.8. The average molecular weight is 760 g/mol. The highest BCUT2D eigenvalue weighted by atomic mass is 16.5. The Morgan fingerprint density at radius 3 is 1.88 bits per heavy atom. The summed E-state index contributed by atoms with van der Waals surface area (Å²) in [5, 5.41) is 2.73.